The molecule has 0 fully saturated rings. The highest BCUT2D eigenvalue weighted by Crippen LogP contribution is 2.26. The van der Waals surface area contributed by atoms with Crippen LogP contribution in [-0.2, 0) is 0 Å². The van der Waals surface area contributed by atoms with Crippen LogP contribution in [0.2, 0.25) is 19.6 Å². The molecule has 1 unspecified atom stereocenters. The highest BCUT2D eigenvalue weighted by molar-refractivity contribution is 7.56. The number of hydrogen-bond donors (Lipinski definition) is 0. The van der Waals surface area contributed by atoms with Crippen LogP contribution >= 0.6 is 7.71 Å². The number of hydrogen-bond acceptors (Lipinski definition) is 2. The average molecular weight is 302 g/mol. The van der Waals surface area contributed by atoms with Gasteiger partial charge in [0.25, 0.3) is 0 Å². The van der Waals surface area contributed by atoms with Crippen LogP contribution in [0, 0.1) is 0 Å². The zero-order chi connectivity index (χ0) is 14.6. The second-order valence-electron chi connectivity index (χ2n) is 5.70. The molecule has 0 amide bonds. The molecule has 2 aromatic rings. The molecule has 1 atom stereocenters. The van der Waals surface area contributed by atoms with Crippen LogP contribution in [0.1, 0.15) is 0 Å². The van der Waals surface area contributed by atoms with E-state index in [0.717, 1.165) is 11.5 Å². The Kier molecular flexibility index (Phi) is 4.74. The van der Waals surface area contributed by atoms with E-state index in [1.54, 1.807) is 0 Å². The first-order valence-electron chi connectivity index (χ1n) is 6.73. The first-order valence-corrected chi connectivity index (χ1v) is 11.9. The van der Waals surface area contributed by atoms with E-state index in [2.05, 4.69) is 38.4 Å². The van der Waals surface area contributed by atoms with E-state index in [-0.39, 0.29) is 0 Å². The van der Waals surface area contributed by atoms with Gasteiger partial charge >= 0.3 is 0 Å². The Morgan fingerprint density at radius 3 is 1.95 bits per heavy atom. The lowest BCUT2D eigenvalue weighted by molar-refractivity contribution is 0.483. The second-order valence-corrected chi connectivity index (χ2v) is 12.4. The molecule has 0 bridgehead atoms. The Bertz CT molecular complexity index is 588. The summed E-state index contributed by atoms with van der Waals surface area (Å²) < 4.78 is 10.8. The third-order valence-electron chi connectivity index (χ3n) is 2.64. The Balaban J connectivity index is 2.13. The van der Waals surface area contributed by atoms with E-state index < -0.39 is 15.9 Å². The quantitative estimate of drug-likeness (QED) is 0.559. The molecule has 2 aromatic carbocycles. The summed E-state index contributed by atoms with van der Waals surface area (Å²) in [5.41, 5.74) is 0. The molecular formula is C16H21NOPSi+. The van der Waals surface area contributed by atoms with Crippen LogP contribution in [0.3, 0.4) is 0 Å². The summed E-state index contributed by atoms with van der Waals surface area (Å²) in [6.45, 7) is 9.05. The third kappa shape index (κ3) is 4.59. The number of ether oxygens (including phenoxy) is 1. The van der Waals surface area contributed by atoms with Crippen molar-refractivity contribution in [2.45, 2.75) is 19.6 Å². The lowest BCUT2D eigenvalue weighted by atomic mass is 10.3. The number of para-hydroxylation sites is 1. The van der Waals surface area contributed by atoms with Crippen molar-refractivity contribution < 1.29 is 4.74 Å². The fourth-order valence-corrected chi connectivity index (χ4v) is 6.50. The van der Waals surface area contributed by atoms with Gasteiger partial charge in [-0.2, -0.15) is 4.41 Å². The molecule has 0 heterocycles. The van der Waals surface area contributed by atoms with Gasteiger partial charge in [0.05, 0.1) is 0 Å². The van der Waals surface area contributed by atoms with E-state index in [0.29, 0.717) is 0 Å². The summed E-state index contributed by atoms with van der Waals surface area (Å²) in [6, 6.07) is 18.2. The van der Waals surface area contributed by atoms with Gasteiger partial charge in [-0.25, -0.2) is 0 Å². The fraction of sp³-hybridized carbons (Fsp3) is 0.250. The maximum absolute atomic E-state index is 5.80. The van der Waals surface area contributed by atoms with Gasteiger partial charge in [-0.15, -0.1) is 0 Å². The lowest BCUT2D eigenvalue weighted by Crippen LogP contribution is -2.15. The summed E-state index contributed by atoms with van der Waals surface area (Å²) in [7, 11) is -1.76. The molecular weight excluding hydrogens is 281 g/mol. The van der Waals surface area contributed by atoms with Gasteiger partial charge in [-0.3, -0.25) is 0 Å². The maximum Gasteiger partial charge on any atom is 0.230 e. The minimum atomic E-state index is -1.36. The Labute approximate surface area is 123 Å². The van der Waals surface area contributed by atoms with Crippen LogP contribution in [-0.4, -0.2) is 14.9 Å². The molecule has 0 N–H and O–H groups in total. The Hall–Kier alpha value is -1.44. The number of rotatable bonds is 4. The number of benzene rings is 2. The van der Waals surface area contributed by atoms with Gasteiger partial charge in [-0.05, 0) is 56.0 Å². The van der Waals surface area contributed by atoms with E-state index in [1.165, 1.54) is 5.30 Å². The molecule has 4 heteroatoms. The maximum atomic E-state index is 5.80. The van der Waals surface area contributed by atoms with Gasteiger partial charge in [0.2, 0.25) is 15.9 Å². The van der Waals surface area contributed by atoms with Gasteiger partial charge in [0.15, 0.2) is 5.30 Å². The smallest absolute Gasteiger partial charge is 0.230 e. The molecule has 0 aliphatic rings. The van der Waals surface area contributed by atoms with E-state index in [1.807, 2.05) is 42.5 Å². The van der Waals surface area contributed by atoms with Crippen LogP contribution in [0.25, 0.3) is 0 Å². The topological polar surface area (TPSA) is 21.6 Å². The monoisotopic (exact) mass is 302 g/mol. The fourth-order valence-electron chi connectivity index (χ4n) is 1.86. The summed E-state index contributed by atoms with van der Waals surface area (Å²) in [4.78, 5) is 0. The molecule has 0 aliphatic carbocycles. The van der Waals surface area contributed by atoms with Crippen molar-refractivity contribution in [2.24, 2.45) is 4.41 Å². The van der Waals surface area contributed by atoms with Crippen LogP contribution in [0.5, 0.6) is 11.5 Å². The van der Waals surface area contributed by atoms with Crippen molar-refractivity contribution >= 4 is 21.3 Å². The normalized spacial score (nSPS) is 12.3. The van der Waals surface area contributed by atoms with Crippen molar-refractivity contribution in [3.05, 3.63) is 54.6 Å². The highest BCUT2D eigenvalue weighted by atomic mass is 31.1. The van der Waals surface area contributed by atoms with Gasteiger partial charge in [-0.1, -0.05) is 18.2 Å². The molecule has 0 aliphatic heterocycles. The Morgan fingerprint density at radius 1 is 0.850 bits per heavy atom. The van der Waals surface area contributed by atoms with Gasteiger partial charge in [0.1, 0.15) is 18.2 Å². The lowest BCUT2D eigenvalue weighted by Gasteiger charge is -2.05. The van der Waals surface area contributed by atoms with E-state index >= 15 is 0 Å². The zero-order valence-electron chi connectivity index (χ0n) is 12.5. The summed E-state index contributed by atoms with van der Waals surface area (Å²) in [6.07, 6.45) is 0. The van der Waals surface area contributed by atoms with Crippen LogP contribution in [0.15, 0.2) is 59.0 Å². The number of nitrogens with zero attached hydrogens (tertiary/aromatic N) is 1. The molecule has 0 saturated carbocycles. The van der Waals surface area contributed by atoms with Gasteiger partial charge in [0, 0.05) is 0 Å². The molecule has 2 rings (SSSR count). The first kappa shape index (κ1) is 15.0. The average Bonchev–Trinajstić information content (AvgIpc) is 2.39. The Morgan fingerprint density at radius 2 is 1.40 bits per heavy atom. The molecule has 0 saturated heterocycles. The van der Waals surface area contributed by atoms with Crippen molar-refractivity contribution in [3.63, 3.8) is 0 Å². The minimum Gasteiger partial charge on any atom is -0.457 e. The predicted molar refractivity (Wildman–Crippen MR) is 91.2 cm³/mol. The summed E-state index contributed by atoms with van der Waals surface area (Å²) >= 11 is 0. The second kappa shape index (κ2) is 6.34. The minimum absolute atomic E-state index is 0.404. The summed E-state index contributed by atoms with van der Waals surface area (Å²) in [5, 5.41) is 1.31. The molecule has 104 valence electrons. The SMILES string of the molecule is C/[P+](=N\[Si](C)(C)C)c1ccc(Oc2ccccc2)cc1. The largest absolute Gasteiger partial charge is 0.457 e. The van der Waals surface area contributed by atoms with Crippen molar-refractivity contribution in [2.75, 3.05) is 6.66 Å². The molecule has 0 aromatic heterocycles. The van der Waals surface area contributed by atoms with E-state index in [9.17, 15) is 0 Å². The van der Waals surface area contributed by atoms with Crippen LogP contribution in [0.4, 0.5) is 0 Å². The predicted octanol–water partition coefficient (Wildman–Crippen LogP) is 5.23. The van der Waals surface area contributed by atoms with Crippen LogP contribution < -0.4 is 10.0 Å². The van der Waals surface area contributed by atoms with Crippen molar-refractivity contribution in [1.82, 2.24) is 0 Å². The highest BCUT2D eigenvalue weighted by Gasteiger charge is 2.20. The summed E-state index contributed by atoms with van der Waals surface area (Å²) in [5.74, 6) is 1.74. The first-order chi connectivity index (χ1) is 9.44. The van der Waals surface area contributed by atoms with E-state index in [4.69, 9.17) is 9.15 Å². The van der Waals surface area contributed by atoms with Crippen molar-refractivity contribution in [3.8, 4) is 11.5 Å². The molecule has 20 heavy (non-hydrogen) atoms. The van der Waals surface area contributed by atoms with Crippen molar-refractivity contribution in [1.29, 1.82) is 0 Å². The standard InChI is InChI=1S/C16H21NOPSi/c1-19(17-20(2,3)4)16-12-10-15(11-13-16)18-14-8-6-5-7-9-14/h5-13H,1-4H3/q+1. The zero-order valence-corrected chi connectivity index (χ0v) is 14.4. The third-order valence-corrected chi connectivity index (χ3v) is 7.28. The molecule has 0 spiro atoms. The molecule has 2 nitrogen and oxygen atoms in total. The molecule has 0 radical (unpaired) electrons. The van der Waals surface area contributed by atoms with Gasteiger partial charge < -0.3 is 4.74 Å².